The topological polar surface area (TPSA) is 56.6 Å². The van der Waals surface area contributed by atoms with E-state index in [-0.39, 0.29) is 17.0 Å². The fraction of sp³-hybridized carbons (Fsp3) is 0.522. The first-order chi connectivity index (χ1) is 13.5. The molecule has 28 heavy (non-hydrogen) atoms. The third kappa shape index (κ3) is 4.20. The number of hydrogen-bond acceptors (Lipinski definition) is 4. The first kappa shape index (κ1) is 20.7. The molecule has 1 aromatic rings. The minimum atomic E-state index is -0.341. The van der Waals surface area contributed by atoms with Gasteiger partial charge in [-0.3, -0.25) is 21.0 Å². The summed E-state index contributed by atoms with van der Waals surface area (Å²) < 4.78 is 14.0. The molecule has 5 heteroatoms. The minimum Gasteiger partial charge on any atom is -0.291 e. The fourth-order valence-corrected chi connectivity index (χ4v) is 4.42. The smallest absolute Gasteiger partial charge is 0.123 e. The molecule has 0 aromatic heterocycles. The van der Waals surface area contributed by atoms with E-state index in [2.05, 4.69) is 17.7 Å². The Balaban J connectivity index is 1.90. The molecule has 2 fully saturated rings. The van der Waals surface area contributed by atoms with Gasteiger partial charge in [-0.05, 0) is 56.7 Å². The molecule has 0 heterocycles. The Bertz CT molecular complexity index is 780. The summed E-state index contributed by atoms with van der Waals surface area (Å²) in [5, 5.41) is 13.2. The van der Waals surface area contributed by atoms with Crippen LogP contribution in [0.25, 0.3) is 0 Å². The lowest BCUT2D eigenvalue weighted by Gasteiger charge is -2.41. The van der Waals surface area contributed by atoms with Gasteiger partial charge >= 0.3 is 0 Å². The van der Waals surface area contributed by atoms with Crippen LogP contribution in [-0.4, -0.2) is 17.1 Å². The van der Waals surface area contributed by atoms with Gasteiger partial charge in [-0.2, -0.15) is 0 Å². The zero-order valence-electron chi connectivity index (χ0n) is 17.1. The Morgan fingerprint density at radius 1 is 1.21 bits per heavy atom. The van der Waals surface area contributed by atoms with Crippen molar-refractivity contribution in [3.05, 3.63) is 59.1 Å². The van der Waals surface area contributed by atoms with E-state index in [0.29, 0.717) is 11.6 Å². The molecule has 2 atom stereocenters. The van der Waals surface area contributed by atoms with Crippen molar-refractivity contribution in [3.8, 4) is 0 Å². The Kier molecular flexibility index (Phi) is 6.36. The molecular weight excluding hydrogens is 353 g/mol. The molecule has 152 valence electrons. The van der Waals surface area contributed by atoms with Crippen molar-refractivity contribution in [2.75, 3.05) is 0 Å². The molecule has 0 amide bonds. The number of aliphatic imine (C=N–C) groups is 1. The second kappa shape index (κ2) is 8.58. The van der Waals surface area contributed by atoms with Crippen LogP contribution >= 0.6 is 0 Å². The van der Waals surface area contributed by atoms with E-state index in [4.69, 9.17) is 4.99 Å². The highest BCUT2D eigenvalue weighted by Crippen LogP contribution is 2.50. The molecule has 1 unspecified atom stereocenters. The Labute approximate surface area is 167 Å². The summed E-state index contributed by atoms with van der Waals surface area (Å²) in [6.45, 7) is 5.99. The van der Waals surface area contributed by atoms with Gasteiger partial charge in [-0.15, -0.1) is 0 Å². The first-order valence-electron chi connectivity index (χ1n) is 10.3. The lowest BCUT2D eigenvalue weighted by molar-refractivity contribution is 0.196. The van der Waals surface area contributed by atoms with Crippen molar-refractivity contribution < 1.29 is 9.60 Å². The second-order valence-electron chi connectivity index (χ2n) is 8.12. The van der Waals surface area contributed by atoms with Crippen molar-refractivity contribution in [2.45, 2.75) is 70.5 Å². The number of nitrogens with zero attached hydrogens (tertiary/aromatic N) is 1. The largest absolute Gasteiger partial charge is 0.291 e. The van der Waals surface area contributed by atoms with E-state index < -0.39 is 0 Å². The van der Waals surface area contributed by atoms with Crippen LogP contribution in [0.5, 0.6) is 0 Å². The van der Waals surface area contributed by atoms with E-state index >= 15 is 0 Å². The lowest BCUT2D eigenvalue weighted by Crippen LogP contribution is -2.50. The fourth-order valence-electron chi connectivity index (χ4n) is 4.42. The normalized spacial score (nSPS) is 27.8. The molecule has 3 rings (SSSR count). The molecule has 0 aliphatic heterocycles. The molecule has 2 aliphatic carbocycles. The van der Waals surface area contributed by atoms with Crippen molar-refractivity contribution >= 4 is 6.21 Å². The van der Waals surface area contributed by atoms with Crippen molar-refractivity contribution in [3.63, 3.8) is 0 Å². The quantitative estimate of drug-likeness (QED) is 0.343. The number of nitrogens with one attached hydrogen (secondary N) is 2. The van der Waals surface area contributed by atoms with Crippen LogP contribution in [0.3, 0.4) is 0 Å². The summed E-state index contributed by atoms with van der Waals surface area (Å²) in [7, 11) is 0. The molecular formula is C23H32FN3O. The summed E-state index contributed by atoms with van der Waals surface area (Å²) in [4.78, 5) is 4.93. The van der Waals surface area contributed by atoms with Gasteiger partial charge in [0.25, 0.3) is 0 Å². The monoisotopic (exact) mass is 385 g/mol. The average Bonchev–Trinajstić information content (AvgIpc) is 3.34. The van der Waals surface area contributed by atoms with Gasteiger partial charge in [0, 0.05) is 17.3 Å². The summed E-state index contributed by atoms with van der Waals surface area (Å²) in [6, 6.07) is 7.02. The Morgan fingerprint density at radius 2 is 1.93 bits per heavy atom. The van der Waals surface area contributed by atoms with Gasteiger partial charge in [0.05, 0.1) is 5.70 Å². The number of hydroxylamine groups is 1. The van der Waals surface area contributed by atoms with E-state index in [1.807, 2.05) is 38.3 Å². The third-order valence-corrected chi connectivity index (χ3v) is 6.28. The van der Waals surface area contributed by atoms with Gasteiger partial charge in [0.1, 0.15) is 11.5 Å². The van der Waals surface area contributed by atoms with Crippen molar-refractivity contribution in [2.24, 2.45) is 10.9 Å². The van der Waals surface area contributed by atoms with E-state index in [1.165, 1.54) is 12.5 Å². The van der Waals surface area contributed by atoms with Crippen LogP contribution in [0.4, 0.5) is 4.39 Å². The summed E-state index contributed by atoms with van der Waals surface area (Å²) >= 11 is 0. The van der Waals surface area contributed by atoms with Crippen molar-refractivity contribution in [1.29, 1.82) is 0 Å². The predicted molar refractivity (Wildman–Crippen MR) is 112 cm³/mol. The molecule has 0 radical (unpaired) electrons. The molecule has 2 saturated carbocycles. The molecule has 0 saturated heterocycles. The van der Waals surface area contributed by atoms with Crippen molar-refractivity contribution in [1.82, 2.24) is 10.8 Å². The summed E-state index contributed by atoms with van der Waals surface area (Å²) in [5.74, 6) is 0.221. The molecule has 2 aliphatic rings. The average molecular weight is 386 g/mol. The maximum Gasteiger partial charge on any atom is 0.123 e. The maximum absolute atomic E-state index is 14.0. The van der Waals surface area contributed by atoms with E-state index in [1.54, 1.807) is 12.1 Å². The van der Waals surface area contributed by atoms with Gasteiger partial charge in [-0.25, -0.2) is 4.39 Å². The predicted octanol–water partition coefficient (Wildman–Crippen LogP) is 5.21. The molecule has 0 spiro atoms. The zero-order valence-corrected chi connectivity index (χ0v) is 17.1. The number of halogens is 1. The van der Waals surface area contributed by atoms with E-state index in [0.717, 1.165) is 43.2 Å². The molecule has 3 N–H and O–H groups in total. The van der Waals surface area contributed by atoms with Crippen LogP contribution in [0, 0.1) is 11.7 Å². The molecule has 0 bridgehead atoms. The van der Waals surface area contributed by atoms with Crippen LogP contribution in [0.2, 0.25) is 0 Å². The number of allylic oxidation sites excluding steroid dienone is 3. The van der Waals surface area contributed by atoms with Crippen LogP contribution in [-0.2, 0) is 5.54 Å². The van der Waals surface area contributed by atoms with E-state index in [9.17, 15) is 9.60 Å². The standard InChI is InChI=1S/C23H32FN3O/c1-4-18(21(5-2)26-28)16-25-23(15-17(23)3)27-22(12-7-6-8-13-22)19-10-9-11-20(24)14-19/h4-5,9-11,14,16-17,26-28H,6-8,12-13,15H2,1-3H3/b18-4+,21-5?,25-16?/t17?,23-/m0/s1. The second-order valence-corrected chi connectivity index (χ2v) is 8.12. The number of rotatable bonds is 7. The maximum atomic E-state index is 14.0. The van der Waals surface area contributed by atoms with Crippen LogP contribution < -0.4 is 10.8 Å². The zero-order chi connectivity index (χ0) is 20.2. The van der Waals surface area contributed by atoms with Gasteiger partial charge in [0.15, 0.2) is 0 Å². The highest BCUT2D eigenvalue weighted by Gasteiger charge is 2.55. The van der Waals surface area contributed by atoms with Gasteiger partial charge in [0.2, 0.25) is 0 Å². The first-order valence-corrected chi connectivity index (χ1v) is 10.3. The van der Waals surface area contributed by atoms with Crippen LogP contribution in [0.15, 0.2) is 52.7 Å². The minimum absolute atomic E-state index is 0.186. The number of hydrogen-bond donors (Lipinski definition) is 3. The lowest BCUT2D eigenvalue weighted by atomic mass is 9.76. The Morgan fingerprint density at radius 3 is 2.46 bits per heavy atom. The highest BCUT2D eigenvalue weighted by atomic mass is 19.1. The van der Waals surface area contributed by atoms with Gasteiger partial charge in [-0.1, -0.05) is 50.5 Å². The Hall–Kier alpha value is -1.98. The summed E-state index contributed by atoms with van der Waals surface area (Å²) in [6.07, 6.45) is 12.0. The van der Waals surface area contributed by atoms with Crippen LogP contribution in [0.1, 0.15) is 64.9 Å². The molecule has 4 nitrogen and oxygen atoms in total. The van der Waals surface area contributed by atoms with Gasteiger partial charge < -0.3 is 0 Å². The molecule has 1 aromatic carbocycles. The third-order valence-electron chi connectivity index (χ3n) is 6.28. The SMILES string of the molecule is CC=C(NO)/C(C=N[C@]1(NC2(c3cccc(F)c3)CCCCC2)CC1C)=C/C. The highest BCUT2D eigenvalue weighted by molar-refractivity contribution is 5.84. The number of benzene rings is 1. The summed E-state index contributed by atoms with van der Waals surface area (Å²) in [5.41, 5.74) is 4.15.